The Labute approximate surface area is 163 Å². The molecule has 0 unspecified atom stereocenters. The van der Waals surface area contributed by atoms with Gasteiger partial charge in [-0.2, -0.15) is 0 Å². The van der Waals surface area contributed by atoms with Gasteiger partial charge in [0.2, 0.25) is 11.0 Å². The van der Waals surface area contributed by atoms with Gasteiger partial charge < -0.3 is 22.5 Å². The maximum absolute atomic E-state index is 11.8. The molecule has 0 atom stereocenters. The molecule has 0 aliphatic heterocycles. The second-order valence-electron chi connectivity index (χ2n) is 6.01. The summed E-state index contributed by atoms with van der Waals surface area (Å²) in [5, 5.41) is 5.74. The predicted molar refractivity (Wildman–Crippen MR) is 104 cm³/mol. The van der Waals surface area contributed by atoms with Crippen molar-refractivity contribution in [3.8, 4) is 0 Å². The Kier molecular flexibility index (Phi) is 5.57. The van der Waals surface area contributed by atoms with Crippen molar-refractivity contribution in [1.82, 2.24) is 0 Å². The number of anilines is 2. The summed E-state index contributed by atoms with van der Waals surface area (Å²) in [7, 11) is 0. The van der Waals surface area contributed by atoms with Crippen LogP contribution in [0.25, 0.3) is 21.8 Å². The Morgan fingerprint density at radius 3 is 2.00 bits per heavy atom. The number of para-hydroxylation sites is 2. The maximum Gasteiger partial charge on any atom is 0.338 e. The van der Waals surface area contributed by atoms with Crippen LogP contribution in [0.2, 0.25) is 0 Å². The first-order valence-electron chi connectivity index (χ1n) is 8.63. The van der Waals surface area contributed by atoms with E-state index in [1.165, 1.54) is 0 Å². The molecule has 4 aromatic rings. The molecule has 27 heavy (non-hydrogen) atoms. The number of esters is 1. The lowest BCUT2D eigenvalue weighted by molar-refractivity contribution is -0.310. The standard InChI is InChI=1S/C22H18N2O2.ClH/c1-2-26-22(25)15-11-13-16(14-12-15)23-21-17-7-3-5-9-19(17)24-20-10-6-4-8-18(20)21;/h3-14H,2H2,1H3,(H,23,24);1H. The minimum absolute atomic E-state index is 0. The van der Waals surface area contributed by atoms with Gasteiger partial charge in [0, 0.05) is 17.8 Å². The third-order valence-corrected chi connectivity index (χ3v) is 4.33. The van der Waals surface area contributed by atoms with Crippen LogP contribution in [0.1, 0.15) is 17.3 Å². The number of fused-ring (bicyclic) bond motifs is 2. The van der Waals surface area contributed by atoms with Crippen molar-refractivity contribution in [2.24, 2.45) is 0 Å². The van der Waals surface area contributed by atoms with Gasteiger partial charge in [-0.1, -0.05) is 24.3 Å². The first-order valence-corrected chi connectivity index (χ1v) is 8.63. The van der Waals surface area contributed by atoms with Crippen LogP contribution in [-0.2, 0) is 4.74 Å². The smallest absolute Gasteiger partial charge is 0.338 e. The topological polar surface area (TPSA) is 52.5 Å². The number of ether oxygens (including phenoxy) is 1. The SMILES string of the molecule is CCOC(=O)c1ccc(Nc2c3ccccc3[nH+]c3ccccc23)cc1.[Cl-]. The van der Waals surface area contributed by atoms with E-state index in [1.54, 1.807) is 19.1 Å². The number of hydrogen-bond donors (Lipinski definition) is 1. The van der Waals surface area contributed by atoms with E-state index >= 15 is 0 Å². The highest BCUT2D eigenvalue weighted by atomic mass is 35.5. The van der Waals surface area contributed by atoms with Crippen LogP contribution in [0.5, 0.6) is 0 Å². The normalized spacial score (nSPS) is 10.4. The van der Waals surface area contributed by atoms with Gasteiger partial charge in [-0.05, 0) is 43.3 Å². The van der Waals surface area contributed by atoms with Gasteiger partial charge in [0.1, 0.15) is 0 Å². The number of hydrogen-bond acceptors (Lipinski definition) is 3. The number of aromatic nitrogens is 1. The summed E-state index contributed by atoms with van der Waals surface area (Å²) < 4.78 is 5.04. The Morgan fingerprint density at radius 2 is 1.44 bits per heavy atom. The van der Waals surface area contributed by atoms with Crippen LogP contribution in [0.15, 0.2) is 72.8 Å². The predicted octanol–water partition coefficient (Wildman–Crippen LogP) is 1.73. The maximum atomic E-state index is 11.8. The van der Waals surface area contributed by atoms with Gasteiger partial charge in [-0.25, -0.2) is 9.78 Å². The zero-order chi connectivity index (χ0) is 17.9. The van der Waals surface area contributed by atoms with Crippen LogP contribution >= 0.6 is 0 Å². The summed E-state index contributed by atoms with van der Waals surface area (Å²) in [6, 6.07) is 23.8. The van der Waals surface area contributed by atoms with Crippen molar-refractivity contribution in [2.45, 2.75) is 6.92 Å². The number of rotatable bonds is 4. The van der Waals surface area contributed by atoms with E-state index in [2.05, 4.69) is 34.6 Å². The number of carbonyl (C=O) groups excluding carboxylic acids is 1. The van der Waals surface area contributed by atoms with Gasteiger partial charge in [-0.3, -0.25) is 0 Å². The van der Waals surface area contributed by atoms with Crippen LogP contribution in [-0.4, -0.2) is 12.6 Å². The van der Waals surface area contributed by atoms with Gasteiger partial charge in [-0.15, -0.1) is 0 Å². The number of halogens is 1. The molecule has 0 radical (unpaired) electrons. The van der Waals surface area contributed by atoms with Crippen LogP contribution < -0.4 is 22.7 Å². The number of aromatic amines is 1. The summed E-state index contributed by atoms with van der Waals surface area (Å²) in [4.78, 5) is 15.3. The molecule has 0 bridgehead atoms. The van der Waals surface area contributed by atoms with Crippen LogP contribution in [0.4, 0.5) is 11.4 Å². The average Bonchev–Trinajstić information content (AvgIpc) is 2.68. The summed E-state index contributed by atoms with van der Waals surface area (Å²) in [5.74, 6) is -0.302. The fourth-order valence-corrected chi connectivity index (χ4v) is 3.09. The first kappa shape index (κ1) is 18.7. The Balaban J connectivity index is 0.00000210. The average molecular weight is 379 g/mol. The fraction of sp³-hybridized carbons (Fsp3) is 0.0909. The highest BCUT2D eigenvalue weighted by Gasteiger charge is 2.14. The molecular formula is C22H19ClN2O2. The van der Waals surface area contributed by atoms with Crippen LogP contribution in [0, 0.1) is 0 Å². The van der Waals surface area contributed by atoms with E-state index < -0.39 is 0 Å². The number of carbonyl (C=O) groups is 1. The second-order valence-corrected chi connectivity index (χ2v) is 6.01. The molecule has 3 aromatic carbocycles. The van der Waals surface area contributed by atoms with E-state index in [4.69, 9.17) is 4.74 Å². The lowest BCUT2D eigenvalue weighted by Gasteiger charge is -2.11. The zero-order valence-electron chi connectivity index (χ0n) is 14.8. The number of nitrogens with one attached hydrogen (secondary N) is 2. The highest BCUT2D eigenvalue weighted by molar-refractivity contribution is 6.06. The van der Waals surface area contributed by atoms with E-state index in [0.29, 0.717) is 12.2 Å². The van der Waals surface area contributed by atoms with Gasteiger partial charge in [0.25, 0.3) is 0 Å². The van der Waals surface area contributed by atoms with E-state index in [9.17, 15) is 4.79 Å². The molecule has 4 rings (SSSR count). The zero-order valence-corrected chi connectivity index (χ0v) is 15.6. The van der Waals surface area contributed by atoms with E-state index in [-0.39, 0.29) is 18.4 Å². The molecule has 1 aromatic heterocycles. The molecule has 0 aliphatic carbocycles. The Morgan fingerprint density at radius 1 is 0.889 bits per heavy atom. The minimum Gasteiger partial charge on any atom is -1.00 e. The Bertz CT molecular complexity index is 1040. The van der Waals surface area contributed by atoms with Crippen molar-refractivity contribution in [1.29, 1.82) is 0 Å². The third-order valence-electron chi connectivity index (χ3n) is 4.33. The van der Waals surface area contributed by atoms with Crippen molar-refractivity contribution < 1.29 is 26.9 Å². The van der Waals surface area contributed by atoms with Crippen molar-refractivity contribution in [3.05, 3.63) is 78.4 Å². The summed E-state index contributed by atoms with van der Waals surface area (Å²) in [5.41, 5.74) is 4.64. The van der Waals surface area contributed by atoms with Crippen molar-refractivity contribution in [2.75, 3.05) is 11.9 Å². The van der Waals surface area contributed by atoms with Gasteiger partial charge in [0.15, 0.2) is 0 Å². The van der Waals surface area contributed by atoms with Crippen molar-refractivity contribution >= 4 is 39.1 Å². The molecule has 0 amide bonds. The molecule has 0 aliphatic rings. The van der Waals surface area contributed by atoms with Crippen LogP contribution in [0.3, 0.4) is 0 Å². The minimum atomic E-state index is -0.302. The molecule has 0 saturated carbocycles. The summed E-state index contributed by atoms with van der Waals surface area (Å²) >= 11 is 0. The Hall–Kier alpha value is -3.11. The lowest BCUT2D eigenvalue weighted by atomic mass is 10.1. The molecule has 0 fully saturated rings. The molecule has 4 nitrogen and oxygen atoms in total. The van der Waals surface area contributed by atoms with E-state index in [0.717, 1.165) is 33.2 Å². The summed E-state index contributed by atoms with van der Waals surface area (Å²) in [6.45, 7) is 2.17. The molecular weight excluding hydrogens is 360 g/mol. The van der Waals surface area contributed by atoms with E-state index in [1.807, 2.05) is 36.4 Å². The number of benzene rings is 3. The molecule has 0 spiro atoms. The lowest BCUT2D eigenvalue weighted by Crippen LogP contribution is -3.00. The number of H-pyrrole nitrogens is 1. The first-order chi connectivity index (χ1) is 12.8. The molecule has 0 saturated heterocycles. The molecule has 2 N–H and O–H groups in total. The van der Waals surface area contributed by atoms with Gasteiger partial charge >= 0.3 is 5.97 Å². The third kappa shape index (κ3) is 3.71. The largest absolute Gasteiger partial charge is 1.00 e. The molecule has 1 heterocycles. The molecule has 5 heteroatoms. The van der Waals surface area contributed by atoms with Gasteiger partial charge in [0.05, 0.1) is 28.6 Å². The fourth-order valence-electron chi connectivity index (χ4n) is 3.09. The quantitative estimate of drug-likeness (QED) is 0.434. The number of pyridine rings is 1. The monoisotopic (exact) mass is 378 g/mol. The second kappa shape index (κ2) is 8.06. The molecule has 136 valence electrons. The van der Waals surface area contributed by atoms with Crippen molar-refractivity contribution in [3.63, 3.8) is 0 Å². The summed E-state index contributed by atoms with van der Waals surface area (Å²) in [6.07, 6.45) is 0. The highest BCUT2D eigenvalue weighted by Crippen LogP contribution is 2.31.